The van der Waals surface area contributed by atoms with Crippen LogP contribution in [0.25, 0.3) is 11.0 Å². The van der Waals surface area contributed by atoms with E-state index in [1.165, 1.54) is 18.2 Å². The van der Waals surface area contributed by atoms with Crippen LogP contribution in [0.3, 0.4) is 0 Å². The zero-order chi connectivity index (χ0) is 13.3. The van der Waals surface area contributed by atoms with Gasteiger partial charge < -0.3 is 14.3 Å². The van der Waals surface area contributed by atoms with Crippen molar-refractivity contribution in [1.29, 1.82) is 0 Å². The number of nitro groups is 1. The second kappa shape index (κ2) is 4.36. The largest absolute Gasteiger partial charge is 0.490 e. The van der Waals surface area contributed by atoms with Crippen LogP contribution in [-0.2, 0) is 0 Å². The highest BCUT2D eigenvalue weighted by atomic mass is 16.6. The van der Waals surface area contributed by atoms with Gasteiger partial charge in [0.2, 0.25) is 5.76 Å². The fraction of sp³-hybridized carbons (Fsp3) is 0.182. The van der Waals surface area contributed by atoms with Gasteiger partial charge >= 0.3 is 5.97 Å². The van der Waals surface area contributed by atoms with Gasteiger partial charge in [-0.3, -0.25) is 10.1 Å². The number of hydrogen-bond acceptors (Lipinski definition) is 5. The first-order valence-electron chi connectivity index (χ1n) is 5.11. The van der Waals surface area contributed by atoms with E-state index in [1.54, 1.807) is 6.92 Å². The number of ether oxygens (including phenoxy) is 1. The van der Waals surface area contributed by atoms with Gasteiger partial charge in [-0.05, 0) is 13.0 Å². The van der Waals surface area contributed by atoms with E-state index in [0.29, 0.717) is 12.0 Å². The van der Waals surface area contributed by atoms with Crippen molar-refractivity contribution in [2.75, 3.05) is 6.61 Å². The lowest BCUT2D eigenvalue weighted by atomic mass is 10.2. The Hall–Kier alpha value is -2.57. The quantitative estimate of drug-likeness (QED) is 0.661. The molecule has 0 atom stereocenters. The maximum Gasteiger partial charge on any atom is 0.371 e. The van der Waals surface area contributed by atoms with E-state index >= 15 is 0 Å². The fourth-order valence-electron chi connectivity index (χ4n) is 1.58. The normalized spacial score (nSPS) is 10.5. The molecule has 94 valence electrons. The van der Waals surface area contributed by atoms with Crippen LogP contribution in [0.2, 0.25) is 0 Å². The summed E-state index contributed by atoms with van der Waals surface area (Å²) in [6.45, 7) is 2.01. The zero-order valence-corrected chi connectivity index (χ0v) is 9.37. The maximum atomic E-state index is 10.8. The maximum absolute atomic E-state index is 10.8. The number of rotatable bonds is 4. The first-order valence-corrected chi connectivity index (χ1v) is 5.11. The standard InChI is InChI=1S/C11H9NO6/c1-2-17-8-5-7(12(15)16)3-6-4-9(11(13)14)18-10(6)8/h3-5H,2H2,1H3,(H,13,14). The predicted octanol–water partition coefficient (Wildman–Crippen LogP) is 2.44. The molecule has 2 aromatic rings. The number of fused-ring (bicyclic) bond motifs is 1. The third-order valence-corrected chi connectivity index (χ3v) is 2.29. The minimum absolute atomic E-state index is 0.161. The highest BCUT2D eigenvalue weighted by Crippen LogP contribution is 2.33. The molecule has 0 saturated heterocycles. The van der Waals surface area contributed by atoms with E-state index < -0.39 is 10.9 Å². The number of carbonyl (C=O) groups is 1. The Morgan fingerprint density at radius 2 is 2.22 bits per heavy atom. The van der Waals surface area contributed by atoms with Crippen LogP contribution in [0, 0.1) is 10.1 Å². The van der Waals surface area contributed by atoms with Crippen LogP contribution in [-0.4, -0.2) is 22.6 Å². The molecule has 1 heterocycles. The summed E-state index contributed by atoms with van der Waals surface area (Å²) in [7, 11) is 0. The van der Waals surface area contributed by atoms with Gasteiger partial charge in [-0.1, -0.05) is 0 Å². The number of carboxylic acid groups (broad SMARTS) is 1. The topological polar surface area (TPSA) is 103 Å². The summed E-state index contributed by atoms with van der Waals surface area (Å²) in [5.74, 6) is -1.36. The highest BCUT2D eigenvalue weighted by molar-refractivity contribution is 5.94. The molecule has 0 radical (unpaired) electrons. The molecule has 0 aliphatic heterocycles. The number of hydrogen-bond donors (Lipinski definition) is 1. The van der Waals surface area contributed by atoms with Crippen molar-refractivity contribution in [1.82, 2.24) is 0 Å². The van der Waals surface area contributed by atoms with Crippen molar-refractivity contribution in [2.45, 2.75) is 6.92 Å². The number of carboxylic acids is 1. The molecule has 1 aromatic carbocycles. The lowest BCUT2D eigenvalue weighted by molar-refractivity contribution is -0.384. The van der Waals surface area contributed by atoms with Gasteiger partial charge in [-0.15, -0.1) is 0 Å². The number of nitro benzene ring substituents is 1. The molecule has 18 heavy (non-hydrogen) atoms. The highest BCUT2D eigenvalue weighted by Gasteiger charge is 2.18. The molecule has 0 aliphatic rings. The second-order valence-electron chi connectivity index (χ2n) is 3.47. The summed E-state index contributed by atoms with van der Waals surface area (Å²) in [5, 5.41) is 19.9. The minimum atomic E-state index is -1.24. The molecule has 0 bridgehead atoms. The van der Waals surface area contributed by atoms with Crippen molar-refractivity contribution in [3.63, 3.8) is 0 Å². The first-order chi connectivity index (χ1) is 8.52. The van der Waals surface area contributed by atoms with E-state index in [0.717, 1.165) is 0 Å². The Balaban J connectivity index is 2.68. The van der Waals surface area contributed by atoms with Gasteiger partial charge in [0, 0.05) is 11.5 Å². The van der Waals surface area contributed by atoms with E-state index in [-0.39, 0.29) is 22.8 Å². The zero-order valence-electron chi connectivity index (χ0n) is 9.37. The Morgan fingerprint density at radius 3 is 2.78 bits per heavy atom. The monoisotopic (exact) mass is 251 g/mol. The van der Waals surface area contributed by atoms with Gasteiger partial charge in [0.15, 0.2) is 11.3 Å². The van der Waals surface area contributed by atoms with Gasteiger partial charge in [0.1, 0.15) is 0 Å². The number of nitrogens with zero attached hydrogens (tertiary/aromatic N) is 1. The third kappa shape index (κ3) is 1.97. The van der Waals surface area contributed by atoms with Crippen LogP contribution < -0.4 is 4.74 Å². The van der Waals surface area contributed by atoms with Gasteiger partial charge in [-0.2, -0.15) is 0 Å². The van der Waals surface area contributed by atoms with Crippen molar-refractivity contribution in [3.8, 4) is 5.75 Å². The Morgan fingerprint density at radius 1 is 1.50 bits per heavy atom. The van der Waals surface area contributed by atoms with E-state index in [1.807, 2.05) is 0 Å². The summed E-state index contributed by atoms with van der Waals surface area (Å²) in [6.07, 6.45) is 0. The number of non-ortho nitro benzene ring substituents is 1. The summed E-state index contributed by atoms with van der Waals surface area (Å²) in [5.41, 5.74) is 0.0172. The number of aromatic carboxylic acids is 1. The molecular formula is C11H9NO6. The molecule has 0 fully saturated rings. The van der Waals surface area contributed by atoms with Crippen LogP contribution in [0.4, 0.5) is 5.69 Å². The van der Waals surface area contributed by atoms with E-state index in [9.17, 15) is 14.9 Å². The average Bonchev–Trinajstić information content (AvgIpc) is 2.73. The molecule has 0 aliphatic carbocycles. The molecule has 2 rings (SSSR count). The molecule has 0 spiro atoms. The summed E-state index contributed by atoms with van der Waals surface area (Å²) in [6, 6.07) is 3.68. The van der Waals surface area contributed by atoms with Gasteiger partial charge in [-0.25, -0.2) is 4.79 Å². The fourth-order valence-corrected chi connectivity index (χ4v) is 1.58. The Labute approximate surface area is 101 Å². The van der Waals surface area contributed by atoms with Crippen molar-refractivity contribution >= 4 is 22.6 Å². The van der Waals surface area contributed by atoms with Crippen molar-refractivity contribution in [2.24, 2.45) is 0 Å². The molecule has 7 nitrogen and oxygen atoms in total. The predicted molar refractivity (Wildman–Crippen MR) is 61.0 cm³/mol. The minimum Gasteiger partial charge on any atom is -0.490 e. The lowest BCUT2D eigenvalue weighted by Crippen LogP contribution is -1.94. The molecular weight excluding hydrogens is 242 g/mol. The molecule has 0 unspecified atom stereocenters. The molecule has 1 N–H and O–H groups in total. The second-order valence-corrected chi connectivity index (χ2v) is 3.47. The molecule has 1 aromatic heterocycles. The molecule has 7 heteroatoms. The average molecular weight is 251 g/mol. The molecule has 0 saturated carbocycles. The first kappa shape index (κ1) is 11.9. The smallest absolute Gasteiger partial charge is 0.371 e. The molecule has 0 amide bonds. The van der Waals surface area contributed by atoms with Crippen LogP contribution in [0.15, 0.2) is 22.6 Å². The van der Waals surface area contributed by atoms with Gasteiger partial charge in [0.25, 0.3) is 5.69 Å². The summed E-state index contributed by atoms with van der Waals surface area (Å²) < 4.78 is 10.3. The van der Waals surface area contributed by atoms with Crippen LogP contribution in [0.5, 0.6) is 5.75 Å². The van der Waals surface area contributed by atoms with Crippen LogP contribution in [0.1, 0.15) is 17.5 Å². The van der Waals surface area contributed by atoms with Crippen molar-refractivity contribution in [3.05, 3.63) is 34.1 Å². The van der Waals surface area contributed by atoms with Gasteiger partial charge in [0.05, 0.1) is 17.6 Å². The summed E-state index contributed by atoms with van der Waals surface area (Å²) in [4.78, 5) is 21.0. The third-order valence-electron chi connectivity index (χ3n) is 2.29. The van der Waals surface area contributed by atoms with E-state index in [4.69, 9.17) is 14.3 Å². The number of benzene rings is 1. The Bertz CT molecular complexity index is 630. The van der Waals surface area contributed by atoms with Crippen molar-refractivity contribution < 1.29 is 24.0 Å². The number of furan rings is 1. The lowest BCUT2D eigenvalue weighted by Gasteiger charge is -2.03. The van der Waals surface area contributed by atoms with Crippen LogP contribution >= 0.6 is 0 Å². The Kier molecular flexibility index (Phi) is 2.88. The SMILES string of the molecule is CCOc1cc([N+](=O)[O-])cc2cc(C(=O)O)oc12. The summed E-state index contributed by atoms with van der Waals surface area (Å²) >= 11 is 0. The van der Waals surface area contributed by atoms with E-state index in [2.05, 4.69) is 0 Å².